The van der Waals surface area contributed by atoms with Gasteiger partial charge in [-0.2, -0.15) is 0 Å². The van der Waals surface area contributed by atoms with E-state index in [-0.39, 0.29) is 11.9 Å². The third kappa shape index (κ3) is 5.07. The first-order chi connectivity index (χ1) is 11.0. The van der Waals surface area contributed by atoms with Crippen molar-refractivity contribution in [2.24, 2.45) is 10.7 Å². The Bertz CT molecular complexity index is 663. The molecule has 1 atom stereocenters. The predicted octanol–water partition coefficient (Wildman–Crippen LogP) is 3.56. The summed E-state index contributed by atoms with van der Waals surface area (Å²) >= 11 is 0. The molecule has 5 heteroatoms. The van der Waals surface area contributed by atoms with Gasteiger partial charge in [-0.25, -0.2) is 4.39 Å². The quantitative estimate of drug-likeness (QED) is 0.655. The van der Waals surface area contributed by atoms with Crippen molar-refractivity contribution < 1.29 is 9.13 Å². The first-order valence-electron chi connectivity index (χ1n) is 7.41. The van der Waals surface area contributed by atoms with Crippen LogP contribution in [0.5, 0.6) is 0 Å². The average Bonchev–Trinajstić information content (AvgIpc) is 2.48. The van der Waals surface area contributed by atoms with E-state index in [1.807, 2.05) is 26.0 Å². The van der Waals surface area contributed by atoms with E-state index in [4.69, 9.17) is 10.5 Å². The fourth-order valence-electron chi connectivity index (χ4n) is 2.41. The van der Waals surface area contributed by atoms with Crippen molar-refractivity contribution >= 4 is 11.6 Å². The van der Waals surface area contributed by atoms with Crippen molar-refractivity contribution in [2.75, 3.05) is 19.0 Å². The number of rotatable bonds is 5. The van der Waals surface area contributed by atoms with Gasteiger partial charge in [-0.1, -0.05) is 18.2 Å². The topological polar surface area (TPSA) is 59.6 Å². The second kappa shape index (κ2) is 7.74. The molecule has 3 N–H and O–H groups in total. The van der Waals surface area contributed by atoms with Gasteiger partial charge in [0.05, 0.1) is 6.54 Å². The summed E-state index contributed by atoms with van der Waals surface area (Å²) in [4.78, 5) is 4.31. The van der Waals surface area contributed by atoms with Crippen molar-refractivity contribution in [3.05, 3.63) is 65.0 Å². The molecular weight excluding hydrogens is 293 g/mol. The minimum atomic E-state index is -0.275. The Morgan fingerprint density at radius 3 is 2.35 bits per heavy atom. The van der Waals surface area contributed by atoms with Gasteiger partial charge < -0.3 is 15.8 Å². The SMILES string of the molecule is COC(CN=C(N)Nc1cc(C)cc(C)c1)c1ccc(F)cc1. The van der Waals surface area contributed by atoms with Gasteiger partial charge in [0.25, 0.3) is 0 Å². The number of hydrogen-bond donors (Lipinski definition) is 2. The lowest BCUT2D eigenvalue weighted by Gasteiger charge is -2.14. The summed E-state index contributed by atoms with van der Waals surface area (Å²) in [7, 11) is 1.59. The molecule has 0 aliphatic carbocycles. The summed E-state index contributed by atoms with van der Waals surface area (Å²) < 4.78 is 18.4. The molecule has 2 aromatic rings. The summed E-state index contributed by atoms with van der Waals surface area (Å²) in [5, 5.41) is 3.08. The smallest absolute Gasteiger partial charge is 0.193 e. The van der Waals surface area contributed by atoms with Gasteiger partial charge in [0.2, 0.25) is 0 Å². The lowest BCUT2D eigenvalue weighted by atomic mass is 10.1. The van der Waals surface area contributed by atoms with Crippen LogP contribution >= 0.6 is 0 Å². The van der Waals surface area contributed by atoms with Crippen LogP contribution in [0.3, 0.4) is 0 Å². The fourth-order valence-corrected chi connectivity index (χ4v) is 2.41. The van der Waals surface area contributed by atoms with Crippen LogP contribution in [0, 0.1) is 19.7 Å². The molecule has 23 heavy (non-hydrogen) atoms. The van der Waals surface area contributed by atoms with Crippen molar-refractivity contribution in [2.45, 2.75) is 20.0 Å². The Hall–Kier alpha value is -2.40. The maximum absolute atomic E-state index is 13.0. The molecule has 0 aliphatic rings. The van der Waals surface area contributed by atoms with Crippen LogP contribution in [0.1, 0.15) is 22.8 Å². The highest BCUT2D eigenvalue weighted by Gasteiger charge is 2.10. The summed E-state index contributed by atoms with van der Waals surface area (Å²) in [6.45, 7) is 4.41. The summed E-state index contributed by atoms with van der Waals surface area (Å²) in [6, 6.07) is 12.3. The third-order valence-electron chi connectivity index (χ3n) is 3.45. The van der Waals surface area contributed by atoms with Crippen LogP contribution in [-0.2, 0) is 4.74 Å². The van der Waals surface area contributed by atoms with Gasteiger partial charge in [0.1, 0.15) is 11.9 Å². The minimum Gasteiger partial charge on any atom is -0.375 e. The van der Waals surface area contributed by atoms with Crippen molar-refractivity contribution in [1.82, 2.24) is 0 Å². The number of ether oxygens (including phenoxy) is 1. The maximum Gasteiger partial charge on any atom is 0.193 e. The number of methoxy groups -OCH3 is 1. The zero-order valence-electron chi connectivity index (χ0n) is 13.6. The largest absolute Gasteiger partial charge is 0.375 e. The minimum absolute atomic E-state index is 0.268. The number of nitrogens with zero attached hydrogens (tertiary/aromatic N) is 1. The Morgan fingerprint density at radius 2 is 1.78 bits per heavy atom. The number of nitrogens with one attached hydrogen (secondary N) is 1. The molecule has 1 unspecified atom stereocenters. The first-order valence-corrected chi connectivity index (χ1v) is 7.41. The number of guanidine groups is 1. The number of benzene rings is 2. The van der Waals surface area contributed by atoms with Crippen LogP contribution in [-0.4, -0.2) is 19.6 Å². The molecule has 0 saturated carbocycles. The van der Waals surface area contributed by atoms with Crippen LogP contribution in [0.25, 0.3) is 0 Å². The monoisotopic (exact) mass is 315 g/mol. The van der Waals surface area contributed by atoms with Crippen molar-refractivity contribution in [3.8, 4) is 0 Å². The summed E-state index contributed by atoms with van der Waals surface area (Å²) in [6.07, 6.45) is -0.268. The van der Waals surface area contributed by atoms with Gasteiger partial charge in [0.15, 0.2) is 5.96 Å². The van der Waals surface area contributed by atoms with Crippen LogP contribution < -0.4 is 11.1 Å². The number of nitrogens with two attached hydrogens (primary N) is 1. The number of aryl methyl sites for hydroxylation is 2. The van der Waals surface area contributed by atoms with Crippen LogP contribution in [0.15, 0.2) is 47.5 Å². The lowest BCUT2D eigenvalue weighted by molar-refractivity contribution is 0.111. The molecule has 2 aromatic carbocycles. The van der Waals surface area contributed by atoms with Crippen LogP contribution in [0.4, 0.5) is 10.1 Å². The molecule has 2 rings (SSSR count). The Kier molecular flexibility index (Phi) is 5.71. The molecule has 0 radical (unpaired) electrons. The molecule has 0 saturated heterocycles. The molecule has 0 heterocycles. The predicted molar refractivity (Wildman–Crippen MR) is 92.2 cm³/mol. The average molecular weight is 315 g/mol. The molecule has 0 fully saturated rings. The molecule has 4 nitrogen and oxygen atoms in total. The summed E-state index contributed by atoms with van der Waals surface area (Å²) in [5.41, 5.74) is 10.0. The van der Waals surface area contributed by atoms with E-state index < -0.39 is 0 Å². The van der Waals surface area contributed by atoms with E-state index in [9.17, 15) is 4.39 Å². The van der Waals surface area contributed by atoms with Crippen molar-refractivity contribution in [1.29, 1.82) is 0 Å². The number of hydrogen-bond acceptors (Lipinski definition) is 2. The highest BCUT2D eigenvalue weighted by molar-refractivity contribution is 5.92. The zero-order chi connectivity index (χ0) is 16.8. The molecule has 122 valence electrons. The second-order valence-electron chi connectivity index (χ2n) is 5.50. The number of halogens is 1. The zero-order valence-corrected chi connectivity index (χ0v) is 13.6. The highest BCUT2D eigenvalue weighted by Crippen LogP contribution is 2.18. The van der Waals surface area contributed by atoms with Crippen LogP contribution in [0.2, 0.25) is 0 Å². The van der Waals surface area contributed by atoms with Gasteiger partial charge in [-0.3, -0.25) is 4.99 Å². The van der Waals surface area contributed by atoms with Gasteiger partial charge in [-0.15, -0.1) is 0 Å². The molecule has 0 amide bonds. The highest BCUT2D eigenvalue weighted by atomic mass is 19.1. The Labute approximate surface area is 136 Å². The number of aliphatic imine (C=N–C) groups is 1. The first kappa shape index (κ1) is 17.0. The normalized spacial score (nSPS) is 13.0. The van der Waals surface area contributed by atoms with E-state index in [0.29, 0.717) is 12.5 Å². The van der Waals surface area contributed by atoms with E-state index in [2.05, 4.69) is 16.4 Å². The molecule has 0 aliphatic heterocycles. The van der Waals surface area contributed by atoms with E-state index >= 15 is 0 Å². The van der Waals surface area contributed by atoms with Gasteiger partial charge in [-0.05, 0) is 54.8 Å². The molecular formula is C18H22FN3O. The van der Waals surface area contributed by atoms with E-state index in [0.717, 1.165) is 22.4 Å². The van der Waals surface area contributed by atoms with E-state index in [1.54, 1.807) is 19.2 Å². The number of anilines is 1. The summed E-state index contributed by atoms with van der Waals surface area (Å²) in [5.74, 6) is 0.0438. The molecule has 0 bridgehead atoms. The Morgan fingerprint density at radius 1 is 1.17 bits per heavy atom. The molecule has 0 spiro atoms. The maximum atomic E-state index is 13.0. The van der Waals surface area contributed by atoms with Gasteiger partial charge in [0, 0.05) is 12.8 Å². The molecule has 0 aromatic heterocycles. The Balaban J connectivity index is 2.03. The van der Waals surface area contributed by atoms with Gasteiger partial charge >= 0.3 is 0 Å². The standard InChI is InChI=1S/C18H22FN3O/c1-12-8-13(2)10-16(9-12)22-18(20)21-11-17(23-3)14-4-6-15(19)7-5-14/h4-10,17H,11H2,1-3H3,(H3,20,21,22). The van der Waals surface area contributed by atoms with E-state index in [1.165, 1.54) is 12.1 Å². The van der Waals surface area contributed by atoms with Crippen molar-refractivity contribution in [3.63, 3.8) is 0 Å². The third-order valence-corrected chi connectivity index (χ3v) is 3.45. The lowest BCUT2D eigenvalue weighted by Crippen LogP contribution is -2.24. The fraction of sp³-hybridized carbons (Fsp3) is 0.278. The second-order valence-corrected chi connectivity index (χ2v) is 5.50.